The molecule has 2 nitrogen and oxygen atoms in total. The topological polar surface area (TPSA) is 29.1 Å². The number of carbonyl (C=O) groups excluding carboxylic acids is 1. The van der Waals surface area contributed by atoms with Gasteiger partial charge in [0.1, 0.15) is 0 Å². The van der Waals surface area contributed by atoms with E-state index < -0.39 is 5.41 Å². The number of amides is 1. The van der Waals surface area contributed by atoms with E-state index in [1.807, 2.05) is 57.2 Å². The Hall–Kier alpha value is -2.09. The molecule has 2 aromatic carbocycles. The number of rotatable bonds is 2. The Morgan fingerprint density at radius 1 is 1.00 bits per heavy atom. The fourth-order valence-corrected chi connectivity index (χ4v) is 1.95. The van der Waals surface area contributed by atoms with Gasteiger partial charge in [-0.2, -0.15) is 0 Å². The summed E-state index contributed by atoms with van der Waals surface area (Å²) in [4.78, 5) is 12.1. The minimum absolute atomic E-state index is 0.0281. The lowest BCUT2D eigenvalue weighted by molar-refractivity contribution is -0.123. The van der Waals surface area contributed by atoms with Gasteiger partial charge in [0.2, 0.25) is 5.91 Å². The van der Waals surface area contributed by atoms with E-state index in [2.05, 4.69) is 24.4 Å². The van der Waals surface area contributed by atoms with Crippen LogP contribution in [0.5, 0.6) is 0 Å². The molecule has 2 rings (SSSR count). The normalized spacial score (nSPS) is 11.2. The van der Waals surface area contributed by atoms with E-state index in [4.69, 9.17) is 0 Å². The SMILES string of the molecule is Cc1ccc(NC(=O)C(C)(C)C)cc1-c1ccccc1. The molecule has 2 heteroatoms. The van der Waals surface area contributed by atoms with Crippen molar-refractivity contribution in [3.05, 3.63) is 54.1 Å². The molecule has 0 aliphatic rings. The maximum atomic E-state index is 12.1. The van der Waals surface area contributed by atoms with Gasteiger partial charge in [-0.3, -0.25) is 4.79 Å². The summed E-state index contributed by atoms with van der Waals surface area (Å²) in [5, 5.41) is 2.98. The number of nitrogens with one attached hydrogen (secondary N) is 1. The van der Waals surface area contributed by atoms with Crippen LogP contribution in [-0.2, 0) is 4.79 Å². The third-order valence-corrected chi connectivity index (χ3v) is 3.26. The molecule has 0 radical (unpaired) electrons. The number of carbonyl (C=O) groups is 1. The summed E-state index contributed by atoms with van der Waals surface area (Å²) in [6.07, 6.45) is 0. The van der Waals surface area contributed by atoms with Gasteiger partial charge in [0, 0.05) is 11.1 Å². The predicted octanol–water partition coefficient (Wildman–Crippen LogP) is 4.65. The third-order valence-electron chi connectivity index (χ3n) is 3.26. The van der Waals surface area contributed by atoms with Gasteiger partial charge in [-0.25, -0.2) is 0 Å². The summed E-state index contributed by atoms with van der Waals surface area (Å²) in [6, 6.07) is 16.2. The summed E-state index contributed by atoms with van der Waals surface area (Å²) in [7, 11) is 0. The van der Waals surface area contributed by atoms with Gasteiger partial charge in [-0.05, 0) is 35.7 Å². The van der Waals surface area contributed by atoms with Crippen LogP contribution in [0.15, 0.2) is 48.5 Å². The highest BCUT2D eigenvalue weighted by molar-refractivity contribution is 5.95. The number of benzene rings is 2. The summed E-state index contributed by atoms with van der Waals surface area (Å²) >= 11 is 0. The molecule has 0 spiro atoms. The Kier molecular flexibility index (Phi) is 3.93. The van der Waals surface area contributed by atoms with Crippen molar-refractivity contribution in [3.63, 3.8) is 0 Å². The minimum atomic E-state index is -0.391. The first-order chi connectivity index (χ1) is 9.38. The highest BCUT2D eigenvalue weighted by Gasteiger charge is 2.21. The average molecular weight is 267 g/mol. The standard InChI is InChI=1S/C18H21NO/c1-13-10-11-15(19-17(20)18(2,3)4)12-16(13)14-8-6-5-7-9-14/h5-12H,1-4H3,(H,19,20). The molecule has 104 valence electrons. The van der Waals surface area contributed by atoms with Crippen LogP contribution in [-0.4, -0.2) is 5.91 Å². The minimum Gasteiger partial charge on any atom is -0.326 e. The molecule has 0 saturated carbocycles. The average Bonchev–Trinajstić information content (AvgIpc) is 2.41. The van der Waals surface area contributed by atoms with Gasteiger partial charge in [0.15, 0.2) is 0 Å². The van der Waals surface area contributed by atoms with Gasteiger partial charge in [-0.15, -0.1) is 0 Å². The van der Waals surface area contributed by atoms with Crippen molar-refractivity contribution < 1.29 is 4.79 Å². The smallest absolute Gasteiger partial charge is 0.229 e. The maximum absolute atomic E-state index is 12.1. The maximum Gasteiger partial charge on any atom is 0.229 e. The van der Waals surface area contributed by atoms with Crippen LogP contribution in [0.4, 0.5) is 5.69 Å². The zero-order chi connectivity index (χ0) is 14.8. The molecule has 0 heterocycles. The van der Waals surface area contributed by atoms with Gasteiger partial charge in [-0.1, -0.05) is 57.2 Å². The Morgan fingerprint density at radius 3 is 2.25 bits per heavy atom. The van der Waals surface area contributed by atoms with Crippen molar-refractivity contribution in [3.8, 4) is 11.1 Å². The molecule has 0 aliphatic heterocycles. The summed E-state index contributed by atoms with van der Waals surface area (Å²) < 4.78 is 0. The lowest BCUT2D eigenvalue weighted by Gasteiger charge is -2.18. The molecule has 20 heavy (non-hydrogen) atoms. The Bertz CT molecular complexity index is 609. The van der Waals surface area contributed by atoms with Crippen molar-refractivity contribution in [2.75, 3.05) is 5.32 Å². The first kappa shape index (κ1) is 14.3. The quantitative estimate of drug-likeness (QED) is 0.843. The van der Waals surface area contributed by atoms with E-state index in [0.29, 0.717) is 0 Å². The molecular formula is C18H21NO. The number of anilines is 1. The summed E-state index contributed by atoms with van der Waals surface area (Å²) in [5.41, 5.74) is 3.96. The Morgan fingerprint density at radius 2 is 1.65 bits per heavy atom. The molecule has 0 aliphatic carbocycles. The largest absolute Gasteiger partial charge is 0.326 e. The Labute approximate surface area is 120 Å². The molecule has 0 bridgehead atoms. The zero-order valence-corrected chi connectivity index (χ0v) is 12.5. The first-order valence-corrected chi connectivity index (χ1v) is 6.85. The number of aryl methyl sites for hydroxylation is 1. The van der Waals surface area contributed by atoms with E-state index in [0.717, 1.165) is 16.8 Å². The van der Waals surface area contributed by atoms with Crippen molar-refractivity contribution >= 4 is 11.6 Å². The highest BCUT2D eigenvalue weighted by atomic mass is 16.2. The fourth-order valence-electron chi connectivity index (χ4n) is 1.95. The molecule has 0 saturated heterocycles. The van der Waals surface area contributed by atoms with E-state index in [9.17, 15) is 4.79 Å². The number of hydrogen-bond donors (Lipinski definition) is 1. The van der Waals surface area contributed by atoms with Crippen LogP contribution in [0, 0.1) is 12.3 Å². The van der Waals surface area contributed by atoms with Crippen LogP contribution >= 0.6 is 0 Å². The molecular weight excluding hydrogens is 246 g/mol. The molecule has 1 N–H and O–H groups in total. The van der Waals surface area contributed by atoms with Crippen LogP contribution in [0.1, 0.15) is 26.3 Å². The van der Waals surface area contributed by atoms with Crippen molar-refractivity contribution in [2.24, 2.45) is 5.41 Å². The molecule has 2 aromatic rings. The summed E-state index contributed by atoms with van der Waals surface area (Å²) in [5.74, 6) is 0.0281. The predicted molar refractivity (Wildman–Crippen MR) is 84.7 cm³/mol. The molecule has 0 unspecified atom stereocenters. The van der Waals surface area contributed by atoms with E-state index in [1.54, 1.807) is 0 Å². The lowest BCUT2D eigenvalue weighted by atomic mass is 9.95. The van der Waals surface area contributed by atoms with Crippen LogP contribution in [0.2, 0.25) is 0 Å². The third kappa shape index (κ3) is 3.27. The molecule has 0 aromatic heterocycles. The van der Waals surface area contributed by atoms with Gasteiger partial charge in [0.05, 0.1) is 0 Å². The van der Waals surface area contributed by atoms with Crippen molar-refractivity contribution in [1.29, 1.82) is 0 Å². The fraction of sp³-hybridized carbons (Fsp3) is 0.278. The first-order valence-electron chi connectivity index (χ1n) is 6.85. The second kappa shape index (κ2) is 5.49. The van der Waals surface area contributed by atoms with Crippen molar-refractivity contribution in [2.45, 2.75) is 27.7 Å². The van der Waals surface area contributed by atoms with Gasteiger partial charge >= 0.3 is 0 Å². The van der Waals surface area contributed by atoms with Crippen LogP contribution in [0.3, 0.4) is 0 Å². The van der Waals surface area contributed by atoms with Crippen LogP contribution in [0.25, 0.3) is 11.1 Å². The number of hydrogen-bond acceptors (Lipinski definition) is 1. The van der Waals surface area contributed by atoms with Crippen LogP contribution < -0.4 is 5.32 Å². The lowest BCUT2D eigenvalue weighted by Crippen LogP contribution is -2.27. The monoisotopic (exact) mass is 267 g/mol. The highest BCUT2D eigenvalue weighted by Crippen LogP contribution is 2.27. The molecule has 0 fully saturated rings. The van der Waals surface area contributed by atoms with Gasteiger partial charge < -0.3 is 5.32 Å². The van der Waals surface area contributed by atoms with Gasteiger partial charge in [0.25, 0.3) is 0 Å². The Balaban J connectivity index is 2.33. The molecule has 1 amide bonds. The zero-order valence-electron chi connectivity index (χ0n) is 12.5. The van der Waals surface area contributed by atoms with E-state index in [-0.39, 0.29) is 5.91 Å². The van der Waals surface area contributed by atoms with Crippen molar-refractivity contribution in [1.82, 2.24) is 0 Å². The second-order valence-corrected chi connectivity index (χ2v) is 6.10. The van der Waals surface area contributed by atoms with E-state index >= 15 is 0 Å². The second-order valence-electron chi connectivity index (χ2n) is 6.10. The van der Waals surface area contributed by atoms with E-state index in [1.165, 1.54) is 5.56 Å². The summed E-state index contributed by atoms with van der Waals surface area (Å²) in [6.45, 7) is 7.82. The molecule has 0 atom stereocenters.